The molecule has 0 amide bonds. The molecule has 0 saturated heterocycles. The number of ether oxygens (including phenoxy) is 1. The third-order valence-corrected chi connectivity index (χ3v) is 4.55. The summed E-state index contributed by atoms with van der Waals surface area (Å²) in [4.78, 5) is 0. The summed E-state index contributed by atoms with van der Waals surface area (Å²) < 4.78 is 6.54. The van der Waals surface area contributed by atoms with Gasteiger partial charge in [-0.1, -0.05) is 35.7 Å². The Morgan fingerprint density at radius 2 is 2.16 bits per heavy atom. The van der Waals surface area contributed by atoms with Crippen LogP contribution in [0.5, 0.6) is 5.75 Å². The van der Waals surface area contributed by atoms with E-state index in [1.807, 2.05) is 6.07 Å². The third-order valence-electron chi connectivity index (χ3n) is 4.10. The van der Waals surface area contributed by atoms with Crippen LogP contribution in [-0.4, -0.2) is 13.7 Å². The molecule has 0 heterocycles. The van der Waals surface area contributed by atoms with Crippen LogP contribution in [0.2, 0.25) is 0 Å². The first-order valence-corrected chi connectivity index (χ1v) is 7.97. The van der Waals surface area contributed by atoms with Crippen LogP contribution < -0.4 is 10.1 Å². The Morgan fingerprint density at radius 3 is 2.84 bits per heavy atom. The molecule has 1 fully saturated rings. The fourth-order valence-electron chi connectivity index (χ4n) is 3.09. The molecule has 1 aromatic carbocycles. The minimum atomic E-state index is 0.802. The zero-order chi connectivity index (χ0) is 13.8. The minimum absolute atomic E-state index is 0.802. The molecular formula is C16H24BrNO. The van der Waals surface area contributed by atoms with Gasteiger partial charge in [0.1, 0.15) is 5.75 Å². The highest BCUT2D eigenvalue weighted by Gasteiger charge is 2.19. The van der Waals surface area contributed by atoms with E-state index in [-0.39, 0.29) is 0 Å². The molecule has 1 aliphatic rings. The van der Waals surface area contributed by atoms with Crippen molar-refractivity contribution in [2.75, 3.05) is 19.0 Å². The van der Waals surface area contributed by atoms with Gasteiger partial charge < -0.3 is 10.1 Å². The zero-order valence-electron chi connectivity index (χ0n) is 12.1. The summed E-state index contributed by atoms with van der Waals surface area (Å²) in [5.74, 6) is 2.61. The number of nitrogens with one attached hydrogen (secondary N) is 1. The third kappa shape index (κ3) is 3.88. The van der Waals surface area contributed by atoms with Gasteiger partial charge in [0.05, 0.1) is 12.8 Å². The van der Waals surface area contributed by atoms with Crippen LogP contribution in [0.1, 0.15) is 38.2 Å². The first-order valence-electron chi connectivity index (χ1n) is 7.18. The van der Waals surface area contributed by atoms with Gasteiger partial charge in [0, 0.05) is 11.0 Å². The quantitative estimate of drug-likeness (QED) is 0.840. The van der Waals surface area contributed by atoms with Crippen LogP contribution in [0.4, 0.5) is 5.69 Å². The molecule has 1 aromatic rings. The second kappa shape index (κ2) is 6.65. The van der Waals surface area contributed by atoms with Gasteiger partial charge in [0.2, 0.25) is 0 Å². The molecule has 1 N–H and O–H groups in total. The molecule has 1 aliphatic carbocycles. The van der Waals surface area contributed by atoms with Crippen molar-refractivity contribution >= 4 is 21.6 Å². The van der Waals surface area contributed by atoms with E-state index in [0.29, 0.717) is 0 Å². The highest BCUT2D eigenvalue weighted by atomic mass is 79.9. The van der Waals surface area contributed by atoms with Gasteiger partial charge in [0.25, 0.3) is 0 Å². The molecule has 2 unspecified atom stereocenters. The lowest BCUT2D eigenvalue weighted by Gasteiger charge is -2.27. The van der Waals surface area contributed by atoms with E-state index in [1.165, 1.54) is 31.2 Å². The standard InChI is InChI=1S/C16H24BrNO/c1-11-5-4-6-13(7-11)10-18-16-12(2)8-14(17)9-15(16)19-3/h8-9,11,13,18H,4-7,10H2,1-3H3. The molecule has 0 aliphatic heterocycles. The van der Waals surface area contributed by atoms with Crippen molar-refractivity contribution in [2.45, 2.75) is 39.5 Å². The molecule has 3 heteroatoms. The smallest absolute Gasteiger partial charge is 0.143 e. The van der Waals surface area contributed by atoms with Crippen molar-refractivity contribution in [3.05, 3.63) is 22.2 Å². The first kappa shape index (κ1) is 14.7. The molecule has 0 aromatic heterocycles. The Kier molecular flexibility index (Phi) is 5.14. The normalized spacial score (nSPS) is 23.2. The fourth-order valence-corrected chi connectivity index (χ4v) is 3.64. The molecule has 106 valence electrons. The lowest BCUT2D eigenvalue weighted by molar-refractivity contribution is 0.293. The lowest BCUT2D eigenvalue weighted by atomic mass is 9.82. The average Bonchev–Trinajstić information content (AvgIpc) is 2.37. The average molecular weight is 326 g/mol. The molecule has 1 saturated carbocycles. The first-order chi connectivity index (χ1) is 9.10. The largest absolute Gasteiger partial charge is 0.495 e. The molecule has 19 heavy (non-hydrogen) atoms. The van der Waals surface area contributed by atoms with Crippen LogP contribution >= 0.6 is 15.9 Å². The van der Waals surface area contributed by atoms with E-state index >= 15 is 0 Å². The predicted molar refractivity (Wildman–Crippen MR) is 85.0 cm³/mol. The molecule has 0 bridgehead atoms. The summed E-state index contributed by atoms with van der Waals surface area (Å²) in [7, 11) is 1.73. The van der Waals surface area contributed by atoms with Gasteiger partial charge >= 0.3 is 0 Å². The van der Waals surface area contributed by atoms with Crippen LogP contribution in [-0.2, 0) is 0 Å². The van der Waals surface area contributed by atoms with Crippen molar-refractivity contribution in [3.63, 3.8) is 0 Å². The second-order valence-corrected chi connectivity index (χ2v) is 6.73. The Labute approximate surface area is 125 Å². The van der Waals surface area contributed by atoms with Gasteiger partial charge in [-0.25, -0.2) is 0 Å². The van der Waals surface area contributed by atoms with Crippen molar-refractivity contribution in [1.82, 2.24) is 0 Å². The summed E-state index contributed by atoms with van der Waals surface area (Å²) in [5.41, 5.74) is 2.37. The predicted octanol–water partition coefficient (Wildman–Crippen LogP) is 5.00. The number of hydrogen-bond acceptors (Lipinski definition) is 2. The molecule has 0 spiro atoms. The summed E-state index contributed by atoms with van der Waals surface area (Å²) in [6.07, 6.45) is 5.49. The maximum Gasteiger partial charge on any atom is 0.143 e. The van der Waals surface area contributed by atoms with Crippen LogP contribution in [0.15, 0.2) is 16.6 Å². The molecule has 0 radical (unpaired) electrons. The number of rotatable bonds is 4. The Bertz CT molecular complexity index is 433. The van der Waals surface area contributed by atoms with Crippen molar-refractivity contribution in [1.29, 1.82) is 0 Å². The van der Waals surface area contributed by atoms with Gasteiger partial charge in [0.15, 0.2) is 0 Å². The van der Waals surface area contributed by atoms with E-state index in [2.05, 4.69) is 41.2 Å². The molecular weight excluding hydrogens is 302 g/mol. The topological polar surface area (TPSA) is 21.3 Å². The maximum atomic E-state index is 5.48. The van der Waals surface area contributed by atoms with E-state index in [4.69, 9.17) is 4.74 Å². The summed E-state index contributed by atoms with van der Waals surface area (Å²) in [6, 6.07) is 4.16. The Morgan fingerprint density at radius 1 is 1.37 bits per heavy atom. The van der Waals surface area contributed by atoms with Gasteiger partial charge in [-0.05, 0) is 49.3 Å². The Balaban J connectivity index is 2.02. The van der Waals surface area contributed by atoms with Gasteiger partial charge in [-0.3, -0.25) is 0 Å². The van der Waals surface area contributed by atoms with Crippen molar-refractivity contribution < 1.29 is 4.74 Å². The van der Waals surface area contributed by atoms with E-state index in [0.717, 1.165) is 34.3 Å². The molecule has 2 atom stereocenters. The minimum Gasteiger partial charge on any atom is -0.495 e. The number of hydrogen-bond donors (Lipinski definition) is 1. The summed E-state index contributed by atoms with van der Waals surface area (Å²) in [6.45, 7) is 5.56. The maximum absolute atomic E-state index is 5.48. The zero-order valence-corrected chi connectivity index (χ0v) is 13.7. The number of halogens is 1. The van der Waals surface area contributed by atoms with Gasteiger partial charge in [-0.15, -0.1) is 0 Å². The Hall–Kier alpha value is -0.700. The number of benzene rings is 1. The molecule has 2 rings (SSSR count). The van der Waals surface area contributed by atoms with Crippen LogP contribution in [0.3, 0.4) is 0 Å². The number of aryl methyl sites for hydroxylation is 1. The highest BCUT2D eigenvalue weighted by Crippen LogP contribution is 2.34. The second-order valence-electron chi connectivity index (χ2n) is 5.82. The van der Waals surface area contributed by atoms with Crippen molar-refractivity contribution in [3.8, 4) is 5.75 Å². The number of methoxy groups -OCH3 is 1. The van der Waals surface area contributed by atoms with Crippen LogP contribution in [0.25, 0.3) is 0 Å². The monoisotopic (exact) mass is 325 g/mol. The van der Waals surface area contributed by atoms with Crippen LogP contribution in [0, 0.1) is 18.8 Å². The van der Waals surface area contributed by atoms with Gasteiger partial charge in [-0.2, -0.15) is 0 Å². The number of anilines is 1. The van der Waals surface area contributed by atoms with E-state index < -0.39 is 0 Å². The summed E-state index contributed by atoms with van der Waals surface area (Å²) >= 11 is 3.52. The lowest BCUT2D eigenvalue weighted by Crippen LogP contribution is -2.21. The van der Waals surface area contributed by atoms with E-state index in [1.54, 1.807) is 7.11 Å². The fraction of sp³-hybridized carbons (Fsp3) is 0.625. The summed E-state index contributed by atoms with van der Waals surface area (Å²) in [5, 5.41) is 3.60. The van der Waals surface area contributed by atoms with Crippen molar-refractivity contribution in [2.24, 2.45) is 11.8 Å². The molecule has 2 nitrogen and oxygen atoms in total. The van der Waals surface area contributed by atoms with E-state index in [9.17, 15) is 0 Å². The highest BCUT2D eigenvalue weighted by molar-refractivity contribution is 9.10. The SMILES string of the molecule is COc1cc(Br)cc(C)c1NCC1CCCC(C)C1.